The first-order valence-electron chi connectivity index (χ1n) is 12.0. The highest BCUT2D eigenvalue weighted by atomic mass is 19.1. The lowest BCUT2D eigenvalue weighted by Gasteiger charge is -2.16. The van der Waals surface area contributed by atoms with E-state index in [1.54, 1.807) is 26.2 Å². The summed E-state index contributed by atoms with van der Waals surface area (Å²) < 4.78 is 27.7. The van der Waals surface area contributed by atoms with E-state index in [-0.39, 0.29) is 5.82 Å². The van der Waals surface area contributed by atoms with Gasteiger partial charge in [0.15, 0.2) is 0 Å². The number of carboxylic acids is 1. The molecule has 9 nitrogen and oxygen atoms in total. The summed E-state index contributed by atoms with van der Waals surface area (Å²) in [5.74, 6) is 0.541. The van der Waals surface area contributed by atoms with Crippen LogP contribution in [0.2, 0.25) is 0 Å². The van der Waals surface area contributed by atoms with E-state index in [4.69, 9.17) is 9.47 Å². The first kappa shape index (κ1) is 25.7. The second-order valence-electron chi connectivity index (χ2n) is 8.51. The largest absolute Gasteiger partial charge is 0.496 e. The zero-order valence-corrected chi connectivity index (χ0v) is 21.2. The number of aliphatic carboxylic acids is 1. The standard InChI is InChI=1S/C27H30FN5O4/c1-5-37-24-13-18(6-8-21(24)32-17(3)27(34)35)22-14-25(31-15-30-22)29-10-11-33-16(2)12-19-23(36-4)9-7-20(28)26(19)33/h6-9,12-15,17,32H,5,10-11H2,1-4H3,(H,34,35)(H,29,30,31). The molecule has 4 rings (SSSR count). The van der Waals surface area contributed by atoms with Crippen molar-refractivity contribution in [1.29, 1.82) is 0 Å². The molecule has 37 heavy (non-hydrogen) atoms. The second-order valence-corrected chi connectivity index (χ2v) is 8.51. The minimum Gasteiger partial charge on any atom is -0.496 e. The maximum absolute atomic E-state index is 14.6. The van der Waals surface area contributed by atoms with Crippen LogP contribution in [0.4, 0.5) is 15.9 Å². The molecule has 4 aromatic rings. The zero-order chi connectivity index (χ0) is 26.5. The fourth-order valence-corrected chi connectivity index (χ4v) is 4.18. The highest BCUT2D eigenvalue weighted by Crippen LogP contribution is 2.32. The number of nitrogens with one attached hydrogen (secondary N) is 2. The Morgan fingerprint density at radius 3 is 2.70 bits per heavy atom. The number of hydrogen-bond donors (Lipinski definition) is 3. The third-order valence-electron chi connectivity index (χ3n) is 6.02. The topological polar surface area (TPSA) is 111 Å². The van der Waals surface area contributed by atoms with Crippen molar-refractivity contribution in [2.24, 2.45) is 0 Å². The van der Waals surface area contributed by atoms with Crippen molar-refractivity contribution >= 4 is 28.4 Å². The Labute approximate surface area is 214 Å². The molecule has 0 radical (unpaired) electrons. The highest BCUT2D eigenvalue weighted by Gasteiger charge is 2.16. The molecular formula is C27H30FN5O4. The molecule has 0 aliphatic heterocycles. The van der Waals surface area contributed by atoms with Crippen LogP contribution in [0.15, 0.2) is 48.8 Å². The number of ether oxygens (including phenoxy) is 2. The number of carbonyl (C=O) groups is 1. The van der Waals surface area contributed by atoms with Gasteiger partial charge in [0.2, 0.25) is 0 Å². The number of aryl methyl sites for hydroxylation is 1. The average Bonchev–Trinajstić information content (AvgIpc) is 3.22. The predicted octanol–water partition coefficient (Wildman–Crippen LogP) is 4.95. The van der Waals surface area contributed by atoms with E-state index in [1.165, 1.54) is 12.4 Å². The Balaban J connectivity index is 1.51. The van der Waals surface area contributed by atoms with Crippen molar-refractivity contribution in [2.75, 3.05) is 30.9 Å². The van der Waals surface area contributed by atoms with E-state index < -0.39 is 12.0 Å². The lowest BCUT2D eigenvalue weighted by Crippen LogP contribution is -2.25. The number of halogens is 1. The van der Waals surface area contributed by atoms with Crippen LogP contribution in [-0.4, -0.2) is 51.9 Å². The van der Waals surface area contributed by atoms with Gasteiger partial charge in [-0.05, 0) is 51.1 Å². The number of aromatic nitrogens is 3. The second kappa shape index (κ2) is 11.2. The molecule has 2 heterocycles. The number of hydrogen-bond acceptors (Lipinski definition) is 7. The maximum Gasteiger partial charge on any atom is 0.325 e. The molecule has 0 spiro atoms. The molecule has 10 heteroatoms. The Bertz CT molecular complexity index is 1420. The van der Waals surface area contributed by atoms with Crippen LogP contribution < -0.4 is 20.1 Å². The van der Waals surface area contributed by atoms with Gasteiger partial charge >= 0.3 is 5.97 Å². The van der Waals surface area contributed by atoms with Crippen LogP contribution in [-0.2, 0) is 11.3 Å². The number of carboxylic acid groups (broad SMARTS) is 1. The molecule has 2 aromatic carbocycles. The van der Waals surface area contributed by atoms with Crippen LogP contribution in [0.25, 0.3) is 22.2 Å². The van der Waals surface area contributed by atoms with Gasteiger partial charge in [-0.25, -0.2) is 14.4 Å². The van der Waals surface area contributed by atoms with Crippen LogP contribution >= 0.6 is 0 Å². The molecule has 194 valence electrons. The minimum absolute atomic E-state index is 0.297. The van der Waals surface area contributed by atoms with Crippen LogP contribution in [0, 0.1) is 12.7 Å². The Morgan fingerprint density at radius 1 is 1.16 bits per heavy atom. The molecule has 0 saturated heterocycles. The number of benzene rings is 2. The molecule has 0 aliphatic rings. The van der Waals surface area contributed by atoms with Crippen LogP contribution in [0.5, 0.6) is 11.5 Å². The van der Waals surface area contributed by atoms with Gasteiger partial charge in [0.05, 0.1) is 30.6 Å². The molecule has 0 bridgehead atoms. The molecule has 0 aliphatic carbocycles. The van der Waals surface area contributed by atoms with E-state index >= 15 is 0 Å². The van der Waals surface area contributed by atoms with Gasteiger partial charge in [0.1, 0.15) is 35.5 Å². The van der Waals surface area contributed by atoms with Crippen molar-refractivity contribution < 1.29 is 23.8 Å². The number of nitrogens with zero attached hydrogens (tertiary/aromatic N) is 3. The number of anilines is 2. The van der Waals surface area contributed by atoms with Crippen molar-refractivity contribution in [3.05, 3.63) is 60.3 Å². The summed E-state index contributed by atoms with van der Waals surface area (Å²) in [6.07, 6.45) is 1.47. The van der Waals surface area contributed by atoms with Gasteiger partial charge in [0, 0.05) is 35.8 Å². The molecule has 0 saturated carbocycles. The predicted molar refractivity (Wildman–Crippen MR) is 141 cm³/mol. The third-order valence-corrected chi connectivity index (χ3v) is 6.02. The summed E-state index contributed by atoms with van der Waals surface area (Å²) in [4.78, 5) is 19.9. The lowest BCUT2D eigenvalue weighted by atomic mass is 10.1. The van der Waals surface area contributed by atoms with E-state index in [0.717, 1.165) is 16.6 Å². The molecular weight excluding hydrogens is 477 g/mol. The molecule has 1 unspecified atom stereocenters. The normalized spacial score (nSPS) is 11.8. The van der Waals surface area contributed by atoms with Gasteiger partial charge in [-0.3, -0.25) is 4.79 Å². The van der Waals surface area contributed by atoms with Crippen molar-refractivity contribution in [3.8, 4) is 22.8 Å². The molecule has 0 amide bonds. The van der Waals surface area contributed by atoms with E-state index in [2.05, 4.69) is 20.6 Å². The Hall–Kier alpha value is -4.34. The fourth-order valence-electron chi connectivity index (χ4n) is 4.18. The van der Waals surface area contributed by atoms with E-state index in [0.29, 0.717) is 53.9 Å². The molecule has 1 atom stereocenters. The zero-order valence-electron chi connectivity index (χ0n) is 21.2. The summed E-state index contributed by atoms with van der Waals surface area (Å²) in [6, 6.07) is 11.5. The van der Waals surface area contributed by atoms with Gasteiger partial charge in [-0.15, -0.1) is 0 Å². The highest BCUT2D eigenvalue weighted by molar-refractivity contribution is 5.88. The molecule has 3 N–H and O–H groups in total. The quantitative estimate of drug-likeness (QED) is 0.262. The Morgan fingerprint density at radius 2 is 1.97 bits per heavy atom. The van der Waals surface area contributed by atoms with Crippen LogP contribution in [0.3, 0.4) is 0 Å². The first-order chi connectivity index (χ1) is 17.8. The average molecular weight is 508 g/mol. The minimum atomic E-state index is -0.956. The number of rotatable bonds is 11. The van der Waals surface area contributed by atoms with Crippen molar-refractivity contribution in [1.82, 2.24) is 14.5 Å². The molecule has 0 fully saturated rings. The fraction of sp³-hybridized carbons (Fsp3) is 0.296. The maximum atomic E-state index is 14.6. The number of fused-ring (bicyclic) bond motifs is 1. The molecule has 2 aromatic heterocycles. The van der Waals surface area contributed by atoms with Crippen molar-refractivity contribution in [3.63, 3.8) is 0 Å². The van der Waals surface area contributed by atoms with Gasteiger partial charge < -0.3 is 29.8 Å². The first-order valence-corrected chi connectivity index (χ1v) is 12.0. The monoisotopic (exact) mass is 507 g/mol. The third kappa shape index (κ3) is 5.58. The van der Waals surface area contributed by atoms with Gasteiger partial charge in [0.25, 0.3) is 0 Å². The summed E-state index contributed by atoms with van der Waals surface area (Å²) >= 11 is 0. The van der Waals surface area contributed by atoms with E-state index in [1.807, 2.05) is 42.7 Å². The van der Waals surface area contributed by atoms with Crippen LogP contribution in [0.1, 0.15) is 19.5 Å². The number of methoxy groups -OCH3 is 1. The smallest absolute Gasteiger partial charge is 0.325 e. The van der Waals surface area contributed by atoms with E-state index in [9.17, 15) is 14.3 Å². The van der Waals surface area contributed by atoms with Crippen molar-refractivity contribution in [2.45, 2.75) is 33.4 Å². The summed E-state index contributed by atoms with van der Waals surface area (Å²) in [7, 11) is 1.57. The summed E-state index contributed by atoms with van der Waals surface area (Å²) in [6.45, 7) is 6.83. The summed E-state index contributed by atoms with van der Waals surface area (Å²) in [5.41, 5.74) is 3.50. The lowest BCUT2D eigenvalue weighted by molar-refractivity contribution is -0.137. The van der Waals surface area contributed by atoms with Gasteiger partial charge in [-0.2, -0.15) is 0 Å². The SMILES string of the molecule is CCOc1cc(-c2cc(NCCn3c(C)cc4c(OC)ccc(F)c43)ncn2)ccc1NC(C)C(=O)O. The van der Waals surface area contributed by atoms with Gasteiger partial charge in [-0.1, -0.05) is 6.07 Å². The summed E-state index contributed by atoms with van der Waals surface area (Å²) in [5, 5.41) is 16.2. The Kier molecular flexibility index (Phi) is 7.76.